The molecule has 2 nitrogen and oxygen atoms in total. The largest absolute Gasteiger partial charge is 0.351 e. The van der Waals surface area contributed by atoms with Gasteiger partial charge in [-0.1, -0.05) is 73.1 Å². The third-order valence-electron chi connectivity index (χ3n) is 2.98. The van der Waals surface area contributed by atoms with E-state index in [-0.39, 0.29) is 0 Å². The summed E-state index contributed by atoms with van der Waals surface area (Å²) in [6.45, 7) is 0. The molecule has 21 heavy (non-hydrogen) atoms. The van der Waals surface area contributed by atoms with E-state index in [0.717, 1.165) is 6.32 Å². The van der Waals surface area contributed by atoms with Gasteiger partial charge in [0.15, 0.2) is 0 Å². The van der Waals surface area contributed by atoms with Gasteiger partial charge in [-0.05, 0) is 16.7 Å². The molecule has 0 fully saturated rings. The molecule has 0 spiro atoms. The Labute approximate surface area is 127 Å². The number of allylic oxidation sites excluding steroid dienone is 1. The standard InChI is InChI=1S/C15H15B.C3H4N2/c16-12-11-15(13-7-3-1-4-8-13)14-9-5-2-6-10-14;1-2-5-3-4-1/h1-11H,12,16H2;1-3H,(H,4,5). The third-order valence-corrected chi connectivity index (χ3v) is 2.98. The summed E-state index contributed by atoms with van der Waals surface area (Å²) in [6.07, 6.45) is 8.42. The molecule has 3 rings (SSSR count). The summed E-state index contributed by atoms with van der Waals surface area (Å²) in [4.78, 5) is 6.42. The maximum Gasteiger partial charge on any atom is 0.106 e. The first-order valence-electron chi connectivity index (χ1n) is 7.15. The lowest BCUT2D eigenvalue weighted by Crippen LogP contribution is -1.87. The quantitative estimate of drug-likeness (QED) is 0.726. The van der Waals surface area contributed by atoms with Crippen molar-refractivity contribution in [3.8, 4) is 0 Å². The third kappa shape index (κ3) is 4.81. The minimum Gasteiger partial charge on any atom is -0.351 e. The molecule has 1 heterocycles. The minimum atomic E-state index is 1.05. The van der Waals surface area contributed by atoms with Crippen molar-refractivity contribution in [3.63, 3.8) is 0 Å². The normalized spacial score (nSPS) is 9.33. The van der Waals surface area contributed by atoms with Gasteiger partial charge in [0.25, 0.3) is 0 Å². The molecule has 0 saturated carbocycles. The van der Waals surface area contributed by atoms with Crippen molar-refractivity contribution in [1.82, 2.24) is 9.97 Å². The summed E-state index contributed by atoms with van der Waals surface area (Å²) in [6, 6.07) is 21.1. The number of aromatic amines is 1. The highest BCUT2D eigenvalue weighted by atomic mass is 14.8. The molecule has 0 saturated heterocycles. The van der Waals surface area contributed by atoms with Gasteiger partial charge in [0.1, 0.15) is 7.85 Å². The Morgan fingerprint density at radius 1 is 0.952 bits per heavy atom. The van der Waals surface area contributed by atoms with Gasteiger partial charge >= 0.3 is 0 Å². The summed E-state index contributed by atoms with van der Waals surface area (Å²) in [5, 5.41) is 0. The molecule has 1 N–H and O–H groups in total. The lowest BCUT2D eigenvalue weighted by molar-refractivity contribution is 1.31. The average Bonchev–Trinajstić information content (AvgIpc) is 3.14. The van der Waals surface area contributed by atoms with Gasteiger partial charge in [0.2, 0.25) is 0 Å². The van der Waals surface area contributed by atoms with Crippen LogP contribution in [-0.2, 0) is 0 Å². The van der Waals surface area contributed by atoms with Gasteiger partial charge in [0.05, 0.1) is 6.33 Å². The Morgan fingerprint density at radius 3 is 1.86 bits per heavy atom. The minimum absolute atomic E-state index is 1.05. The number of imidazole rings is 1. The molecule has 0 bridgehead atoms. The van der Waals surface area contributed by atoms with E-state index in [9.17, 15) is 0 Å². The molecule has 0 atom stereocenters. The average molecular weight is 274 g/mol. The van der Waals surface area contributed by atoms with Crippen molar-refractivity contribution in [2.24, 2.45) is 0 Å². The number of hydrogen-bond donors (Lipinski definition) is 1. The van der Waals surface area contributed by atoms with Gasteiger partial charge in [-0.2, -0.15) is 0 Å². The second-order valence-corrected chi connectivity index (χ2v) is 4.52. The monoisotopic (exact) mass is 274 g/mol. The van der Waals surface area contributed by atoms with Crippen molar-refractivity contribution >= 4 is 13.4 Å². The van der Waals surface area contributed by atoms with Crippen molar-refractivity contribution < 1.29 is 0 Å². The van der Waals surface area contributed by atoms with Crippen LogP contribution in [0.2, 0.25) is 6.32 Å². The van der Waals surface area contributed by atoms with Crippen molar-refractivity contribution in [1.29, 1.82) is 0 Å². The van der Waals surface area contributed by atoms with E-state index in [0.29, 0.717) is 0 Å². The van der Waals surface area contributed by atoms with E-state index in [1.807, 2.05) is 0 Å². The zero-order valence-corrected chi connectivity index (χ0v) is 12.2. The van der Waals surface area contributed by atoms with E-state index >= 15 is 0 Å². The summed E-state index contributed by atoms with van der Waals surface area (Å²) in [5.41, 5.74) is 3.90. The van der Waals surface area contributed by atoms with Crippen LogP contribution in [0.1, 0.15) is 11.1 Å². The van der Waals surface area contributed by atoms with Crippen LogP contribution < -0.4 is 0 Å². The van der Waals surface area contributed by atoms with Crippen molar-refractivity contribution in [2.45, 2.75) is 6.32 Å². The first-order chi connectivity index (χ1) is 10.4. The zero-order valence-electron chi connectivity index (χ0n) is 12.2. The molecule has 104 valence electrons. The predicted octanol–water partition coefficient (Wildman–Crippen LogP) is 3.58. The van der Waals surface area contributed by atoms with Crippen LogP contribution in [0.15, 0.2) is 85.5 Å². The van der Waals surface area contributed by atoms with Crippen molar-refractivity contribution in [2.75, 3.05) is 0 Å². The molecular formula is C18H19BN2. The number of H-pyrrole nitrogens is 1. The molecule has 0 radical (unpaired) electrons. The maximum atomic E-state index is 3.67. The zero-order chi connectivity index (χ0) is 14.8. The van der Waals surface area contributed by atoms with E-state index < -0.39 is 0 Å². The first kappa shape index (κ1) is 14.9. The molecule has 2 aromatic carbocycles. The van der Waals surface area contributed by atoms with Crippen LogP contribution >= 0.6 is 0 Å². The van der Waals surface area contributed by atoms with E-state index in [2.05, 4.69) is 84.6 Å². The number of benzene rings is 2. The summed E-state index contributed by atoms with van der Waals surface area (Å²) in [5.74, 6) is 0. The fourth-order valence-corrected chi connectivity index (χ4v) is 2.06. The highest BCUT2D eigenvalue weighted by Gasteiger charge is 2.02. The maximum absolute atomic E-state index is 3.67. The second kappa shape index (κ2) is 8.59. The fraction of sp³-hybridized carbons (Fsp3) is 0.0556. The van der Waals surface area contributed by atoms with Crippen LogP contribution in [0.4, 0.5) is 0 Å². The number of nitrogens with one attached hydrogen (secondary N) is 1. The molecule has 0 aliphatic rings. The van der Waals surface area contributed by atoms with E-state index in [1.54, 1.807) is 18.7 Å². The second-order valence-electron chi connectivity index (χ2n) is 4.52. The topological polar surface area (TPSA) is 28.7 Å². The van der Waals surface area contributed by atoms with Crippen molar-refractivity contribution in [3.05, 3.63) is 96.6 Å². The fourth-order valence-electron chi connectivity index (χ4n) is 2.06. The van der Waals surface area contributed by atoms with Crippen LogP contribution in [0.5, 0.6) is 0 Å². The highest BCUT2D eigenvalue weighted by Crippen LogP contribution is 2.23. The Bertz CT molecular complexity index is 573. The Kier molecular flexibility index (Phi) is 6.08. The number of aromatic nitrogens is 2. The molecule has 3 aromatic rings. The van der Waals surface area contributed by atoms with Gasteiger partial charge in [-0.3, -0.25) is 0 Å². The Hall–Kier alpha value is -2.55. The van der Waals surface area contributed by atoms with Gasteiger partial charge < -0.3 is 4.98 Å². The predicted molar refractivity (Wildman–Crippen MR) is 91.9 cm³/mol. The van der Waals surface area contributed by atoms with Gasteiger partial charge in [-0.15, -0.1) is 0 Å². The molecule has 3 heteroatoms. The lowest BCUT2D eigenvalue weighted by atomic mass is 9.93. The number of rotatable bonds is 3. The summed E-state index contributed by atoms with van der Waals surface area (Å²) in [7, 11) is 2.17. The molecule has 1 aromatic heterocycles. The number of hydrogen-bond acceptors (Lipinski definition) is 1. The van der Waals surface area contributed by atoms with Gasteiger partial charge in [0, 0.05) is 12.4 Å². The summed E-state index contributed by atoms with van der Waals surface area (Å²) < 4.78 is 0. The SMILES string of the molecule is BCC=C(c1ccccc1)c1ccccc1.c1c[nH]cn1. The van der Waals surface area contributed by atoms with E-state index in [1.165, 1.54) is 16.7 Å². The molecule has 0 aliphatic carbocycles. The van der Waals surface area contributed by atoms with E-state index in [4.69, 9.17) is 0 Å². The first-order valence-corrected chi connectivity index (χ1v) is 7.15. The molecule has 0 amide bonds. The van der Waals surface area contributed by atoms with Crippen LogP contribution in [0.3, 0.4) is 0 Å². The Balaban J connectivity index is 0.000000272. The molecule has 0 unspecified atom stereocenters. The lowest BCUT2D eigenvalue weighted by Gasteiger charge is -2.07. The van der Waals surface area contributed by atoms with Crippen LogP contribution in [-0.4, -0.2) is 17.8 Å². The highest BCUT2D eigenvalue weighted by molar-refractivity contribution is 6.10. The smallest absolute Gasteiger partial charge is 0.106 e. The van der Waals surface area contributed by atoms with Crippen LogP contribution in [0, 0.1) is 0 Å². The molecule has 0 aliphatic heterocycles. The van der Waals surface area contributed by atoms with Gasteiger partial charge in [-0.25, -0.2) is 4.98 Å². The van der Waals surface area contributed by atoms with Crippen LogP contribution in [0.25, 0.3) is 5.57 Å². The Morgan fingerprint density at radius 2 is 1.52 bits per heavy atom. The molecular weight excluding hydrogens is 255 g/mol. The number of nitrogens with zero attached hydrogens (tertiary/aromatic N) is 1. The summed E-state index contributed by atoms with van der Waals surface area (Å²) >= 11 is 0.